The maximum Gasteiger partial charge on any atom is 0.249 e. The number of ether oxygens (including phenoxy) is 2. The number of para-hydroxylation sites is 3. The lowest BCUT2D eigenvalue weighted by molar-refractivity contribution is -0.127. The summed E-state index contributed by atoms with van der Waals surface area (Å²) in [5.41, 5.74) is 2.17. The Morgan fingerprint density at radius 1 is 1.13 bits per heavy atom. The highest BCUT2D eigenvalue weighted by molar-refractivity contribution is 6.02. The molecule has 4 aromatic rings. The number of nitrogens with one attached hydrogen (secondary N) is 1. The molecule has 2 amide bonds. The van der Waals surface area contributed by atoms with Crippen molar-refractivity contribution in [3.05, 3.63) is 84.2 Å². The van der Waals surface area contributed by atoms with E-state index in [0.29, 0.717) is 41.2 Å². The topological polar surface area (TPSA) is 98.6 Å². The van der Waals surface area contributed by atoms with E-state index in [1.807, 2.05) is 18.2 Å². The first kappa shape index (κ1) is 25.3. The van der Waals surface area contributed by atoms with Gasteiger partial charge < -0.3 is 14.8 Å². The summed E-state index contributed by atoms with van der Waals surface area (Å²) in [5.74, 6) is -0.888. The second-order valence-electron chi connectivity index (χ2n) is 9.01. The minimum absolute atomic E-state index is 0.0928. The summed E-state index contributed by atoms with van der Waals surface area (Å²) < 4.78 is 26.6. The van der Waals surface area contributed by atoms with Gasteiger partial charge in [0.05, 0.1) is 24.4 Å². The van der Waals surface area contributed by atoms with E-state index < -0.39 is 23.7 Å². The number of carbonyl (C=O) groups excluding carboxylic acids is 2. The van der Waals surface area contributed by atoms with Gasteiger partial charge in [0.15, 0.2) is 0 Å². The highest BCUT2D eigenvalue weighted by atomic mass is 19.1. The van der Waals surface area contributed by atoms with Crippen LogP contribution in [0.4, 0.5) is 10.1 Å². The molecule has 0 radical (unpaired) electrons. The van der Waals surface area contributed by atoms with Crippen LogP contribution in [-0.2, 0) is 20.9 Å². The zero-order valence-corrected chi connectivity index (χ0v) is 20.9. The monoisotopic (exact) mass is 517 g/mol. The number of anilines is 1. The van der Waals surface area contributed by atoms with E-state index >= 15 is 0 Å². The van der Waals surface area contributed by atoms with Crippen molar-refractivity contribution in [2.24, 2.45) is 0 Å². The van der Waals surface area contributed by atoms with E-state index in [1.165, 1.54) is 41.0 Å². The van der Waals surface area contributed by atoms with Gasteiger partial charge in [0.2, 0.25) is 11.8 Å². The van der Waals surface area contributed by atoms with Crippen molar-refractivity contribution < 1.29 is 23.5 Å². The molecule has 196 valence electrons. The van der Waals surface area contributed by atoms with Crippen LogP contribution >= 0.6 is 0 Å². The molecule has 2 heterocycles. The number of benzene rings is 3. The number of methoxy groups -OCH3 is 1. The second kappa shape index (κ2) is 11.4. The molecular weight excluding hydrogens is 489 g/mol. The normalized spacial score (nSPS) is 15.8. The van der Waals surface area contributed by atoms with Gasteiger partial charge in [0, 0.05) is 13.2 Å². The Hall–Kier alpha value is -4.31. The predicted octanol–water partition coefficient (Wildman–Crippen LogP) is 3.65. The number of rotatable bonds is 9. The van der Waals surface area contributed by atoms with Gasteiger partial charge in [-0.05, 0) is 54.8 Å². The zero-order chi connectivity index (χ0) is 26.5. The Bertz CT molecular complexity index is 1420. The standard InChI is InChI=1S/C28H28FN5O4/c1-37-25-11-5-4-10-24(25)34(26(35)18-33-23-9-3-2-8-22(23)31-32-33)27(19-12-14-20(29)15-13-19)28(36)30-17-21-7-6-16-38-21/h2-5,8-15,21,27H,6-7,16-18H2,1H3,(H,30,36)/t21-,27+/m1/s1. The molecule has 5 rings (SSSR count). The van der Waals surface area contributed by atoms with Gasteiger partial charge in [-0.1, -0.05) is 41.6 Å². The summed E-state index contributed by atoms with van der Waals surface area (Å²) in [7, 11) is 1.50. The van der Waals surface area contributed by atoms with Crippen LogP contribution in [0.2, 0.25) is 0 Å². The molecule has 2 atom stereocenters. The maximum absolute atomic E-state index is 14.1. The summed E-state index contributed by atoms with van der Waals surface area (Å²) in [5, 5.41) is 11.2. The lowest BCUT2D eigenvalue weighted by atomic mass is 10.0. The first-order valence-corrected chi connectivity index (χ1v) is 12.4. The summed E-state index contributed by atoms with van der Waals surface area (Å²) in [6, 6.07) is 18.7. The number of hydrogen-bond donors (Lipinski definition) is 1. The molecule has 1 fully saturated rings. The van der Waals surface area contributed by atoms with Crippen molar-refractivity contribution in [3.63, 3.8) is 0 Å². The highest BCUT2D eigenvalue weighted by Gasteiger charge is 2.35. The molecule has 1 aliphatic rings. The molecule has 38 heavy (non-hydrogen) atoms. The van der Waals surface area contributed by atoms with Crippen molar-refractivity contribution in [1.29, 1.82) is 0 Å². The van der Waals surface area contributed by atoms with Crippen LogP contribution in [0.15, 0.2) is 72.8 Å². The van der Waals surface area contributed by atoms with Crippen LogP contribution in [0.1, 0.15) is 24.4 Å². The van der Waals surface area contributed by atoms with E-state index in [2.05, 4.69) is 15.6 Å². The molecular formula is C28H28FN5O4. The lowest BCUT2D eigenvalue weighted by Gasteiger charge is -2.32. The molecule has 1 saturated heterocycles. The highest BCUT2D eigenvalue weighted by Crippen LogP contribution is 2.35. The fourth-order valence-corrected chi connectivity index (χ4v) is 4.66. The number of nitrogens with zero attached hydrogens (tertiary/aromatic N) is 4. The van der Waals surface area contributed by atoms with E-state index in [0.717, 1.165) is 12.8 Å². The average molecular weight is 518 g/mol. The van der Waals surface area contributed by atoms with Crippen molar-refractivity contribution in [1.82, 2.24) is 20.3 Å². The van der Waals surface area contributed by atoms with Crippen molar-refractivity contribution in [3.8, 4) is 5.75 Å². The van der Waals surface area contributed by atoms with Crippen molar-refractivity contribution >= 4 is 28.5 Å². The minimum atomic E-state index is -1.12. The molecule has 1 N–H and O–H groups in total. The fourth-order valence-electron chi connectivity index (χ4n) is 4.66. The second-order valence-corrected chi connectivity index (χ2v) is 9.01. The summed E-state index contributed by atoms with van der Waals surface area (Å²) >= 11 is 0. The van der Waals surface area contributed by atoms with Gasteiger partial charge in [0.1, 0.15) is 29.7 Å². The van der Waals surface area contributed by atoms with Crippen LogP contribution in [0, 0.1) is 5.82 Å². The Morgan fingerprint density at radius 2 is 1.89 bits per heavy atom. The third-order valence-electron chi connectivity index (χ3n) is 6.54. The largest absolute Gasteiger partial charge is 0.495 e. The van der Waals surface area contributed by atoms with Gasteiger partial charge in [-0.15, -0.1) is 5.10 Å². The zero-order valence-electron chi connectivity index (χ0n) is 20.9. The van der Waals surface area contributed by atoms with Crippen molar-refractivity contribution in [2.75, 3.05) is 25.2 Å². The third kappa shape index (κ3) is 5.35. The van der Waals surface area contributed by atoms with Crippen LogP contribution in [0.5, 0.6) is 5.75 Å². The third-order valence-corrected chi connectivity index (χ3v) is 6.54. The van der Waals surface area contributed by atoms with E-state index in [9.17, 15) is 14.0 Å². The van der Waals surface area contributed by atoms with Crippen molar-refractivity contribution in [2.45, 2.75) is 31.5 Å². The van der Waals surface area contributed by atoms with Gasteiger partial charge >= 0.3 is 0 Å². The number of aromatic nitrogens is 3. The van der Waals surface area contributed by atoms with Crippen LogP contribution < -0.4 is 15.0 Å². The summed E-state index contributed by atoms with van der Waals surface area (Å²) in [4.78, 5) is 29.2. The van der Waals surface area contributed by atoms with Gasteiger partial charge in [-0.2, -0.15) is 0 Å². The van der Waals surface area contributed by atoms with E-state index in [1.54, 1.807) is 30.3 Å². The number of hydrogen-bond acceptors (Lipinski definition) is 6. The Kier molecular flexibility index (Phi) is 7.60. The molecule has 0 saturated carbocycles. The molecule has 1 aromatic heterocycles. The Balaban J connectivity index is 1.56. The smallest absolute Gasteiger partial charge is 0.249 e. The van der Waals surface area contributed by atoms with Gasteiger partial charge in [-0.25, -0.2) is 9.07 Å². The van der Waals surface area contributed by atoms with Crippen LogP contribution in [-0.4, -0.2) is 53.2 Å². The van der Waals surface area contributed by atoms with Gasteiger partial charge in [-0.3, -0.25) is 14.5 Å². The van der Waals surface area contributed by atoms with Crippen LogP contribution in [0.25, 0.3) is 11.0 Å². The molecule has 0 aliphatic carbocycles. The number of fused-ring (bicyclic) bond motifs is 1. The minimum Gasteiger partial charge on any atom is -0.495 e. The predicted molar refractivity (Wildman–Crippen MR) is 139 cm³/mol. The molecule has 10 heteroatoms. The average Bonchev–Trinajstić information content (AvgIpc) is 3.61. The number of amides is 2. The van der Waals surface area contributed by atoms with Gasteiger partial charge in [0.25, 0.3) is 0 Å². The fraction of sp³-hybridized carbons (Fsp3) is 0.286. The first-order chi connectivity index (χ1) is 18.5. The summed E-state index contributed by atoms with van der Waals surface area (Å²) in [6.07, 6.45) is 1.68. The quantitative estimate of drug-likeness (QED) is 0.364. The number of halogens is 1. The Labute approximate surface area is 219 Å². The van der Waals surface area contributed by atoms with Crippen LogP contribution in [0.3, 0.4) is 0 Å². The maximum atomic E-state index is 14.1. The first-order valence-electron chi connectivity index (χ1n) is 12.4. The lowest BCUT2D eigenvalue weighted by Crippen LogP contribution is -2.46. The number of carbonyl (C=O) groups is 2. The molecule has 3 aromatic carbocycles. The molecule has 0 unspecified atom stereocenters. The molecule has 1 aliphatic heterocycles. The SMILES string of the molecule is COc1ccccc1N(C(=O)Cn1nnc2ccccc21)[C@H](C(=O)NC[C@H]1CCCO1)c1ccc(F)cc1. The van der Waals surface area contributed by atoms with E-state index in [4.69, 9.17) is 9.47 Å². The molecule has 0 bridgehead atoms. The molecule has 9 nitrogen and oxygen atoms in total. The molecule has 0 spiro atoms. The summed E-state index contributed by atoms with van der Waals surface area (Å²) in [6.45, 7) is 0.771. The Morgan fingerprint density at radius 3 is 2.66 bits per heavy atom. The van der Waals surface area contributed by atoms with E-state index in [-0.39, 0.29) is 12.6 Å².